The lowest BCUT2D eigenvalue weighted by atomic mass is 10.2. The third-order valence-electron chi connectivity index (χ3n) is 5.16. The zero-order valence-electron chi connectivity index (χ0n) is 17.3. The molecule has 2 aromatic carbocycles. The third-order valence-corrected chi connectivity index (χ3v) is 6.20. The molecule has 2 heterocycles. The maximum atomic E-state index is 13.9. The number of carbonyl (C=O) groups excluding carboxylic acids is 1. The van der Waals surface area contributed by atoms with Crippen molar-refractivity contribution in [1.82, 2.24) is 14.8 Å². The zero-order chi connectivity index (χ0) is 22.0. The van der Waals surface area contributed by atoms with E-state index < -0.39 is 28.5 Å². The van der Waals surface area contributed by atoms with E-state index >= 15 is 0 Å². The summed E-state index contributed by atoms with van der Waals surface area (Å²) < 4.78 is 29.7. The summed E-state index contributed by atoms with van der Waals surface area (Å²) in [5.74, 6) is -1.42. The number of nitrogens with one attached hydrogen (secondary N) is 1. The van der Waals surface area contributed by atoms with Crippen molar-refractivity contribution in [2.24, 2.45) is 0 Å². The van der Waals surface area contributed by atoms with Gasteiger partial charge in [-0.2, -0.15) is 0 Å². The van der Waals surface area contributed by atoms with Crippen LogP contribution in [0.1, 0.15) is 25.3 Å². The first-order chi connectivity index (χ1) is 14.9. The van der Waals surface area contributed by atoms with Gasteiger partial charge in [0.2, 0.25) is 11.9 Å². The van der Waals surface area contributed by atoms with E-state index in [0.29, 0.717) is 5.16 Å². The molecule has 0 bridgehead atoms. The van der Waals surface area contributed by atoms with Gasteiger partial charge in [-0.15, -0.1) is 10.2 Å². The molecule has 0 radical (unpaired) electrons. The summed E-state index contributed by atoms with van der Waals surface area (Å²) in [5.41, 5.74) is 1.58. The number of carbonyl (C=O) groups is 1. The summed E-state index contributed by atoms with van der Waals surface area (Å²) in [6.07, 6.45) is 2.19. The minimum Gasteiger partial charge on any atom is -0.341 e. The number of aryl methyl sites for hydroxylation is 1. The SMILES string of the molecule is Cc1ccc(-n2c(SC(C)C(=O)Nc3c(F)cccc3F)nnc2N2CCCC2)cc1. The average Bonchev–Trinajstić information content (AvgIpc) is 3.41. The Kier molecular flexibility index (Phi) is 6.22. The van der Waals surface area contributed by atoms with Crippen LogP contribution in [0.3, 0.4) is 0 Å². The predicted molar refractivity (Wildman–Crippen MR) is 118 cm³/mol. The van der Waals surface area contributed by atoms with Gasteiger partial charge in [0, 0.05) is 13.1 Å². The first-order valence-corrected chi connectivity index (χ1v) is 11.0. The molecule has 1 fully saturated rings. The molecule has 1 aliphatic rings. The predicted octanol–water partition coefficient (Wildman–Crippen LogP) is 4.57. The number of anilines is 2. The molecule has 0 aliphatic carbocycles. The molecule has 1 aliphatic heterocycles. The van der Waals surface area contributed by atoms with Crippen molar-refractivity contribution < 1.29 is 13.6 Å². The minimum absolute atomic E-state index is 0.447. The van der Waals surface area contributed by atoms with E-state index in [1.165, 1.54) is 17.8 Å². The quantitative estimate of drug-likeness (QED) is 0.566. The van der Waals surface area contributed by atoms with E-state index in [9.17, 15) is 13.6 Å². The lowest BCUT2D eigenvalue weighted by Gasteiger charge is -2.19. The van der Waals surface area contributed by atoms with Gasteiger partial charge in [0.1, 0.15) is 17.3 Å². The highest BCUT2D eigenvalue weighted by atomic mass is 32.2. The van der Waals surface area contributed by atoms with Crippen molar-refractivity contribution >= 4 is 29.3 Å². The maximum Gasteiger partial charge on any atom is 0.237 e. The topological polar surface area (TPSA) is 63.1 Å². The maximum absolute atomic E-state index is 13.9. The van der Waals surface area contributed by atoms with Crippen LogP contribution >= 0.6 is 11.8 Å². The Morgan fingerprint density at radius 2 is 1.71 bits per heavy atom. The van der Waals surface area contributed by atoms with Gasteiger partial charge < -0.3 is 10.2 Å². The Morgan fingerprint density at radius 1 is 1.06 bits per heavy atom. The van der Waals surface area contributed by atoms with E-state index in [2.05, 4.69) is 20.4 Å². The molecule has 6 nitrogen and oxygen atoms in total. The molecule has 4 rings (SSSR count). The second-order valence-electron chi connectivity index (χ2n) is 7.49. The molecule has 1 N–H and O–H groups in total. The van der Waals surface area contributed by atoms with Crippen molar-refractivity contribution in [2.75, 3.05) is 23.3 Å². The van der Waals surface area contributed by atoms with Crippen LogP contribution in [0.4, 0.5) is 20.4 Å². The molecule has 1 aromatic heterocycles. The van der Waals surface area contributed by atoms with Crippen LogP contribution in [0.2, 0.25) is 0 Å². The Morgan fingerprint density at radius 3 is 2.35 bits per heavy atom. The van der Waals surface area contributed by atoms with Crippen molar-refractivity contribution in [3.8, 4) is 5.69 Å². The highest BCUT2D eigenvalue weighted by Crippen LogP contribution is 2.31. The Bertz CT molecular complexity index is 1060. The van der Waals surface area contributed by atoms with Crippen LogP contribution < -0.4 is 10.2 Å². The molecule has 0 saturated carbocycles. The number of rotatable bonds is 6. The normalized spacial score (nSPS) is 14.6. The molecule has 1 atom stereocenters. The second-order valence-corrected chi connectivity index (χ2v) is 8.80. The van der Waals surface area contributed by atoms with Crippen LogP contribution in [0.15, 0.2) is 47.6 Å². The summed E-state index contributed by atoms with van der Waals surface area (Å²) in [7, 11) is 0. The molecule has 162 valence electrons. The number of amides is 1. The molecule has 1 amide bonds. The fraction of sp³-hybridized carbons (Fsp3) is 0.318. The van der Waals surface area contributed by atoms with Crippen LogP contribution in [0.25, 0.3) is 5.69 Å². The van der Waals surface area contributed by atoms with Gasteiger partial charge in [-0.05, 0) is 51.0 Å². The van der Waals surface area contributed by atoms with Crippen molar-refractivity contribution in [3.63, 3.8) is 0 Å². The zero-order valence-corrected chi connectivity index (χ0v) is 18.1. The second kappa shape index (κ2) is 9.05. The van der Waals surface area contributed by atoms with E-state index in [1.54, 1.807) is 6.92 Å². The number of para-hydroxylation sites is 1. The van der Waals surface area contributed by atoms with E-state index in [4.69, 9.17) is 0 Å². The monoisotopic (exact) mass is 443 g/mol. The summed E-state index contributed by atoms with van der Waals surface area (Å²) >= 11 is 1.19. The average molecular weight is 444 g/mol. The first-order valence-electron chi connectivity index (χ1n) is 10.1. The number of hydrogen-bond donors (Lipinski definition) is 1. The number of halogens is 2. The molecule has 1 unspecified atom stereocenters. The summed E-state index contributed by atoms with van der Waals surface area (Å²) in [4.78, 5) is 14.8. The third kappa shape index (κ3) is 4.56. The van der Waals surface area contributed by atoms with Gasteiger partial charge in [0.15, 0.2) is 5.16 Å². The van der Waals surface area contributed by atoms with Crippen LogP contribution in [0.5, 0.6) is 0 Å². The fourth-order valence-corrected chi connectivity index (χ4v) is 4.30. The molecular weight excluding hydrogens is 420 g/mol. The first kappa shape index (κ1) is 21.3. The highest BCUT2D eigenvalue weighted by Gasteiger charge is 2.26. The lowest BCUT2D eigenvalue weighted by Crippen LogP contribution is -2.24. The minimum atomic E-state index is -0.815. The number of hydrogen-bond acceptors (Lipinski definition) is 5. The molecule has 9 heteroatoms. The van der Waals surface area contributed by atoms with Crippen LogP contribution in [0, 0.1) is 18.6 Å². The van der Waals surface area contributed by atoms with Crippen molar-refractivity contribution in [2.45, 2.75) is 37.1 Å². The number of aromatic nitrogens is 3. The summed E-state index contributed by atoms with van der Waals surface area (Å²) in [5, 5.41) is 11.0. The van der Waals surface area contributed by atoms with Crippen molar-refractivity contribution in [3.05, 3.63) is 59.7 Å². The Balaban J connectivity index is 1.60. The molecule has 1 saturated heterocycles. The van der Waals surface area contributed by atoms with Crippen molar-refractivity contribution in [1.29, 1.82) is 0 Å². The Hall–Kier alpha value is -2.94. The van der Waals surface area contributed by atoms with E-state index in [-0.39, 0.29) is 0 Å². The molecule has 31 heavy (non-hydrogen) atoms. The standard InChI is InChI=1S/C22H23F2N5OS/c1-14-8-10-16(11-9-14)29-21(28-12-3-4-13-28)26-27-22(29)31-15(2)20(30)25-19-17(23)6-5-7-18(19)24/h5-11,15H,3-4,12-13H2,1-2H3,(H,25,30). The number of benzene rings is 2. The molecule has 0 spiro atoms. The smallest absolute Gasteiger partial charge is 0.237 e. The Labute approximate surface area is 183 Å². The number of nitrogens with zero attached hydrogens (tertiary/aromatic N) is 4. The summed E-state index contributed by atoms with van der Waals surface area (Å²) in [6.45, 7) is 5.48. The fourth-order valence-electron chi connectivity index (χ4n) is 3.43. The van der Waals surface area contributed by atoms with Gasteiger partial charge in [0.05, 0.1) is 10.9 Å². The van der Waals surface area contributed by atoms with Gasteiger partial charge in [-0.1, -0.05) is 35.5 Å². The van der Waals surface area contributed by atoms with Gasteiger partial charge in [-0.25, -0.2) is 8.78 Å². The van der Waals surface area contributed by atoms with Crippen LogP contribution in [-0.4, -0.2) is 39.0 Å². The molecule has 3 aromatic rings. The lowest BCUT2D eigenvalue weighted by molar-refractivity contribution is -0.115. The molecular formula is C22H23F2N5OS. The summed E-state index contributed by atoms with van der Waals surface area (Å²) in [6, 6.07) is 11.5. The van der Waals surface area contributed by atoms with E-state index in [1.807, 2.05) is 35.8 Å². The van der Waals surface area contributed by atoms with Gasteiger partial charge >= 0.3 is 0 Å². The van der Waals surface area contributed by atoms with Gasteiger partial charge in [-0.3, -0.25) is 9.36 Å². The van der Waals surface area contributed by atoms with Crippen LogP contribution in [-0.2, 0) is 4.79 Å². The largest absolute Gasteiger partial charge is 0.341 e. The highest BCUT2D eigenvalue weighted by molar-refractivity contribution is 8.00. The van der Waals surface area contributed by atoms with Gasteiger partial charge in [0.25, 0.3) is 0 Å². The number of thioether (sulfide) groups is 1. The van der Waals surface area contributed by atoms with E-state index in [0.717, 1.165) is 55.3 Å².